The molecule has 0 aromatic rings. The summed E-state index contributed by atoms with van der Waals surface area (Å²) >= 11 is 0. The molecule has 0 radical (unpaired) electrons. The van der Waals surface area contributed by atoms with Gasteiger partial charge < -0.3 is 9.94 Å². The van der Waals surface area contributed by atoms with Gasteiger partial charge in [-0.2, -0.15) is 0 Å². The van der Waals surface area contributed by atoms with Crippen LogP contribution in [0.3, 0.4) is 0 Å². The van der Waals surface area contributed by atoms with E-state index in [4.69, 9.17) is 9.94 Å². The molecule has 2 rings (SSSR count). The Bertz CT molecular complexity index is 272. The van der Waals surface area contributed by atoms with Crippen molar-refractivity contribution in [1.82, 2.24) is 5.48 Å². The van der Waals surface area contributed by atoms with Gasteiger partial charge in [0.1, 0.15) is 5.76 Å². The van der Waals surface area contributed by atoms with E-state index in [1.54, 1.807) is 12.3 Å². The van der Waals surface area contributed by atoms with E-state index in [1.807, 2.05) is 0 Å². The zero-order valence-electron chi connectivity index (χ0n) is 6.23. The topological polar surface area (TPSA) is 70.9 Å². The Labute approximate surface area is 68.7 Å². The highest BCUT2D eigenvalue weighted by Crippen LogP contribution is 2.24. The van der Waals surface area contributed by atoms with Crippen molar-refractivity contribution in [3.05, 3.63) is 11.8 Å². The standard InChI is InChI=1S/C7H8N2O3/c10-7(11)6-4-3-8-2-1-5(4)12-9-6/h1-2,4,6,9H,3H2,(H,10,11). The Balaban J connectivity index is 2.20. The summed E-state index contributed by atoms with van der Waals surface area (Å²) in [5, 5.41) is 8.73. The lowest BCUT2D eigenvalue weighted by Crippen LogP contribution is -2.36. The molecule has 2 N–H and O–H groups in total. The molecule has 2 unspecified atom stereocenters. The molecule has 0 bridgehead atoms. The molecular weight excluding hydrogens is 160 g/mol. The lowest BCUT2D eigenvalue weighted by Gasteiger charge is -2.11. The number of nitrogens with zero attached hydrogens (tertiary/aromatic N) is 1. The minimum absolute atomic E-state index is 0.146. The van der Waals surface area contributed by atoms with Crippen molar-refractivity contribution in [3.8, 4) is 0 Å². The lowest BCUT2D eigenvalue weighted by molar-refractivity contribution is -0.141. The molecule has 0 amide bonds. The monoisotopic (exact) mass is 168 g/mol. The Hall–Kier alpha value is -1.36. The fourth-order valence-electron chi connectivity index (χ4n) is 1.33. The number of nitrogens with one attached hydrogen (secondary N) is 1. The van der Waals surface area contributed by atoms with Crippen LogP contribution < -0.4 is 5.48 Å². The summed E-state index contributed by atoms with van der Waals surface area (Å²) < 4.78 is 0. The van der Waals surface area contributed by atoms with Crippen LogP contribution in [-0.2, 0) is 9.63 Å². The number of allylic oxidation sites excluding steroid dienone is 1. The minimum Gasteiger partial charge on any atom is -0.480 e. The number of dihydropyridines is 1. The molecule has 2 heterocycles. The van der Waals surface area contributed by atoms with E-state index in [2.05, 4.69) is 10.5 Å². The lowest BCUT2D eigenvalue weighted by atomic mass is 9.98. The minimum atomic E-state index is -0.902. The fraction of sp³-hybridized carbons (Fsp3) is 0.429. The van der Waals surface area contributed by atoms with Gasteiger partial charge in [-0.25, -0.2) is 0 Å². The van der Waals surface area contributed by atoms with Crippen molar-refractivity contribution < 1.29 is 14.7 Å². The Morgan fingerprint density at radius 1 is 1.83 bits per heavy atom. The molecule has 2 atom stereocenters. The third kappa shape index (κ3) is 0.984. The molecule has 2 aliphatic rings. The van der Waals surface area contributed by atoms with Crippen molar-refractivity contribution in [2.24, 2.45) is 10.9 Å². The predicted molar refractivity (Wildman–Crippen MR) is 40.6 cm³/mol. The zero-order valence-corrected chi connectivity index (χ0v) is 6.23. The second-order valence-electron chi connectivity index (χ2n) is 2.73. The number of rotatable bonds is 1. The molecule has 0 aromatic carbocycles. The van der Waals surface area contributed by atoms with E-state index in [1.165, 1.54) is 0 Å². The van der Waals surface area contributed by atoms with Crippen LogP contribution >= 0.6 is 0 Å². The van der Waals surface area contributed by atoms with E-state index in [9.17, 15) is 4.79 Å². The number of carboxylic acid groups (broad SMARTS) is 1. The van der Waals surface area contributed by atoms with Gasteiger partial charge in [-0.05, 0) is 6.08 Å². The van der Waals surface area contributed by atoms with Gasteiger partial charge in [-0.3, -0.25) is 9.79 Å². The van der Waals surface area contributed by atoms with Gasteiger partial charge >= 0.3 is 5.97 Å². The number of fused-ring (bicyclic) bond motifs is 1. The first-order valence-corrected chi connectivity index (χ1v) is 3.64. The molecule has 12 heavy (non-hydrogen) atoms. The number of aliphatic imine (C=N–C) groups is 1. The van der Waals surface area contributed by atoms with Crippen LogP contribution in [0.2, 0.25) is 0 Å². The molecule has 1 fully saturated rings. The van der Waals surface area contributed by atoms with Crippen molar-refractivity contribution in [2.45, 2.75) is 6.04 Å². The van der Waals surface area contributed by atoms with Crippen molar-refractivity contribution >= 4 is 12.2 Å². The quantitative estimate of drug-likeness (QED) is 0.556. The van der Waals surface area contributed by atoms with Crippen molar-refractivity contribution in [3.63, 3.8) is 0 Å². The van der Waals surface area contributed by atoms with Crippen molar-refractivity contribution in [2.75, 3.05) is 6.54 Å². The third-order valence-electron chi connectivity index (χ3n) is 1.98. The highest BCUT2D eigenvalue weighted by Gasteiger charge is 2.39. The van der Waals surface area contributed by atoms with E-state index in [-0.39, 0.29) is 5.92 Å². The highest BCUT2D eigenvalue weighted by molar-refractivity contribution is 5.78. The summed E-state index contributed by atoms with van der Waals surface area (Å²) in [5.74, 6) is -0.384. The molecule has 0 spiro atoms. The number of carboxylic acids is 1. The number of hydroxylamine groups is 1. The third-order valence-corrected chi connectivity index (χ3v) is 1.98. The molecule has 0 saturated carbocycles. The van der Waals surface area contributed by atoms with Gasteiger partial charge in [-0.1, -0.05) is 0 Å². The molecule has 0 aliphatic carbocycles. The van der Waals surface area contributed by atoms with Crippen molar-refractivity contribution in [1.29, 1.82) is 0 Å². The Kier molecular flexibility index (Phi) is 1.58. The Morgan fingerprint density at radius 3 is 3.42 bits per heavy atom. The van der Waals surface area contributed by atoms with Crippen LogP contribution in [0.5, 0.6) is 0 Å². The first kappa shape index (κ1) is 7.30. The van der Waals surface area contributed by atoms with Gasteiger partial charge in [0.05, 0.1) is 12.5 Å². The van der Waals surface area contributed by atoms with E-state index >= 15 is 0 Å². The summed E-state index contributed by atoms with van der Waals surface area (Å²) in [5.41, 5.74) is 2.45. The first-order chi connectivity index (χ1) is 5.79. The molecule has 5 nitrogen and oxygen atoms in total. The fourth-order valence-corrected chi connectivity index (χ4v) is 1.33. The summed E-state index contributed by atoms with van der Waals surface area (Å²) in [6.07, 6.45) is 3.31. The maximum absolute atomic E-state index is 10.6. The summed E-state index contributed by atoms with van der Waals surface area (Å²) in [4.78, 5) is 19.6. The van der Waals surface area contributed by atoms with Gasteiger partial charge in [0.25, 0.3) is 0 Å². The summed E-state index contributed by atoms with van der Waals surface area (Å²) in [6.45, 7) is 0.482. The summed E-state index contributed by atoms with van der Waals surface area (Å²) in [7, 11) is 0. The Morgan fingerprint density at radius 2 is 2.67 bits per heavy atom. The number of aliphatic carboxylic acids is 1. The molecule has 0 aromatic heterocycles. The maximum Gasteiger partial charge on any atom is 0.324 e. The average Bonchev–Trinajstić information content (AvgIpc) is 2.47. The largest absolute Gasteiger partial charge is 0.480 e. The smallest absolute Gasteiger partial charge is 0.324 e. The average molecular weight is 168 g/mol. The number of hydrogen-bond acceptors (Lipinski definition) is 4. The van der Waals surface area contributed by atoms with Crippen LogP contribution in [0.4, 0.5) is 0 Å². The first-order valence-electron chi connectivity index (χ1n) is 3.64. The molecular formula is C7H8N2O3. The van der Waals surface area contributed by atoms with Gasteiger partial charge in [-0.15, -0.1) is 5.48 Å². The number of hydrogen-bond donors (Lipinski definition) is 2. The van der Waals surface area contributed by atoms with Crippen LogP contribution in [0.25, 0.3) is 0 Å². The van der Waals surface area contributed by atoms with Gasteiger partial charge in [0.15, 0.2) is 6.04 Å². The number of carbonyl (C=O) groups is 1. The highest BCUT2D eigenvalue weighted by atomic mass is 16.7. The molecule has 1 saturated heterocycles. The predicted octanol–water partition coefficient (Wildman–Crippen LogP) is -0.441. The maximum atomic E-state index is 10.6. The van der Waals surface area contributed by atoms with Crippen LogP contribution in [-0.4, -0.2) is 29.9 Å². The van der Waals surface area contributed by atoms with E-state index < -0.39 is 12.0 Å². The second-order valence-corrected chi connectivity index (χ2v) is 2.73. The SMILES string of the molecule is O=C(O)C1NOC2=CC=NCC21. The van der Waals surface area contributed by atoms with Crippen LogP contribution in [0.1, 0.15) is 0 Å². The zero-order chi connectivity index (χ0) is 8.55. The van der Waals surface area contributed by atoms with E-state index in [0.717, 1.165) is 0 Å². The van der Waals surface area contributed by atoms with Crippen LogP contribution in [0, 0.1) is 5.92 Å². The second kappa shape index (κ2) is 2.60. The van der Waals surface area contributed by atoms with Gasteiger partial charge in [0, 0.05) is 6.21 Å². The molecule has 64 valence electrons. The van der Waals surface area contributed by atoms with Crippen LogP contribution in [0.15, 0.2) is 16.8 Å². The molecule has 5 heteroatoms. The van der Waals surface area contributed by atoms with E-state index in [0.29, 0.717) is 12.3 Å². The molecule has 2 aliphatic heterocycles. The van der Waals surface area contributed by atoms with Gasteiger partial charge in [0.2, 0.25) is 0 Å². The normalized spacial score (nSPS) is 32.2. The summed E-state index contributed by atoms with van der Waals surface area (Å²) in [6, 6.07) is -0.659.